The van der Waals surface area contributed by atoms with Crippen LogP contribution in [0.4, 0.5) is 10.2 Å². The summed E-state index contributed by atoms with van der Waals surface area (Å²) in [5, 5.41) is 0. The van der Waals surface area contributed by atoms with Crippen LogP contribution in [0.2, 0.25) is 0 Å². The molecule has 22 heavy (non-hydrogen) atoms. The van der Waals surface area contributed by atoms with Crippen molar-refractivity contribution < 1.29 is 9.13 Å². The molecule has 1 aliphatic heterocycles. The van der Waals surface area contributed by atoms with Gasteiger partial charge in [-0.25, -0.2) is 4.39 Å². The van der Waals surface area contributed by atoms with Gasteiger partial charge in [0.25, 0.3) is 0 Å². The zero-order chi connectivity index (χ0) is 15.4. The number of hydrogen-bond acceptors (Lipinski definition) is 4. The zero-order valence-electron chi connectivity index (χ0n) is 12.7. The molecule has 1 aromatic heterocycles. The fraction of sp³-hybridized carbons (Fsp3) is 0.412. The fourth-order valence-corrected chi connectivity index (χ4v) is 2.68. The molecule has 0 radical (unpaired) electrons. The number of hydrogen-bond donors (Lipinski definition) is 0. The maximum Gasteiger partial charge on any atom is 0.234 e. The number of halogens is 1. The molecule has 1 fully saturated rings. The molecule has 1 atom stereocenters. The van der Waals surface area contributed by atoms with Gasteiger partial charge < -0.3 is 9.64 Å². The second kappa shape index (κ2) is 6.73. The number of benzene rings is 1. The highest BCUT2D eigenvalue weighted by molar-refractivity contribution is 5.38. The standard InChI is InChI=1S/C17H20FN3O/c1-13(14-6-5-7-15(18)10-14)22-17-12-19-11-16(20-17)21-8-3-2-4-9-21/h5-7,10-13H,2-4,8-9H2,1H3. The average Bonchev–Trinajstić information content (AvgIpc) is 2.56. The Morgan fingerprint density at radius 3 is 2.77 bits per heavy atom. The molecule has 1 unspecified atom stereocenters. The Hall–Kier alpha value is -2.17. The van der Waals surface area contributed by atoms with Gasteiger partial charge in [-0.3, -0.25) is 4.98 Å². The summed E-state index contributed by atoms with van der Waals surface area (Å²) in [4.78, 5) is 11.0. The highest BCUT2D eigenvalue weighted by Crippen LogP contribution is 2.23. The molecule has 0 N–H and O–H groups in total. The topological polar surface area (TPSA) is 38.2 Å². The lowest BCUT2D eigenvalue weighted by molar-refractivity contribution is 0.216. The first-order chi connectivity index (χ1) is 10.7. The van der Waals surface area contributed by atoms with Crippen LogP contribution in [0.1, 0.15) is 37.9 Å². The maximum atomic E-state index is 13.3. The quantitative estimate of drug-likeness (QED) is 0.862. The van der Waals surface area contributed by atoms with Crippen molar-refractivity contribution in [2.24, 2.45) is 0 Å². The molecule has 0 aliphatic carbocycles. The van der Waals surface area contributed by atoms with Gasteiger partial charge in [0.15, 0.2) is 5.82 Å². The summed E-state index contributed by atoms with van der Waals surface area (Å²) in [7, 11) is 0. The summed E-state index contributed by atoms with van der Waals surface area (Å²) in [5.41, 5.74) is 0.783. The molecule has 4 nitrogen and oxygen atoms in total. The van der Waals surface area contributed by atoms with Crippen molar-refractivity contribution in [2.75, 3.05) is 18.0 Å². The number of anilines is 1. The van der Waals surface area contributed by atoms with Gasteiger partial charge in [-0.15, -0.1) is 0 Å². The van der Waals surface area contributed by atoms with Crippen LogP contribution in [0.5, 0.6) is 5.88 Å². The summed E-state index contributed by atoms with van der Waals surface area (Å²) >= 11 is 0. The summed E-state index contributed by atoms with van der Waals surface area (Å²) < 4.78 is 19.1. The van der Waals surface area contributed by atoms with Gasteiger partial charge in [-0.1, -0.05) is 12.1 Å². The third-order valence-electron chi connectivity index (χ3n) is 3.90. The van der Waals surface area contributed by atoms with Crippen molar-refractivity contribution in [1.29, 1.82) is 0 Å². The first kappa shape index (κ1) is 14.8. The second-order valence-electron chi connectivity index (χ2n) is 5.58. The van der Waals surface area contributed by atoms with Crippen LogP contribution in [-0.2, 0) is 0 Å². The monoisotopic (exact) mass is 301 g/mol. The van der Waals surface area contributed by atoms with E-state index < -0.39 is 0 Å². The number of nitrogens with zero attached hydrogens (tertiary/aromatic N) is 3. The smallest absolute Gasteiger partial charge is 0.234 e. The Morgan fingerprint density at radius 2 is 2.00 bits per heavy atom. The fourth-order valence-electron chi connectivity index (χ4n) is 2.68. The van der Waals surface area contributed by atoms with Gasteiger partial charge in [-0.05, 0) is 43.9 Å². The Bertz CT molecular complexity index is 629. The van der Waals surface area contributed by atoms with Crippen molar-refractivity contribution in [1.82, 2.24) is 9.97 Å². The Balaban J connectivity index is 1.72. The molecule has 2 aromatic rings. The lowest BCUT2D eigenvalue weighted by Gasteiger charge is -2.27. The average molecular weight is 301 g/mol. The van der Waals surface area contributed by atoms with Crippen molar-refractivity contribution in [3.8, 4) is 5.88 Å². The summed E-state index contributed by atoms with van der Waals surface area (Å²) in [6, 6.07) is 6.43. The SMILES string of the molecule is CC(Oc1cncc(N2CCCCC2)n1)c1cccc(F)c1. The molecule has 116 valence electrons. The maximum absolute atomic E-state index is 13.3. The van der Waals surface area contributed by atoms with Crippen molar-refractivity contribution >= 4 is 5.82 Å². The van der Waals surface area contributed by atoms with Gasteiger partial charge in [0.2, 0.25) is 5.88 Å². The lowest BCUT2D eigenvalue weighted by Crippen LogP contribution is -2.30. The van der Waals surface area contributed by atoms with Gasteiger partial charge in [0, 0.05) is 13.1 Å². The molecule has 1 aromatic carbocycles. The van der Waals surface area contributed by atoms with E-state index in [1.165, 1.54) is 31.4 Å². The van der Waals surface area contributed by atoms with E-state index >= 15 is 0 Å². The van der Waals surface area contributed by atoms with Crippen LogP contribution in [0.3, 0.4) is 0 Å². The van der Waals surface area contributed by atoms with E-state index in [0.717, 1.165) is 24.5 Å². The molecule has 1 saturated heterocycles. The predicted octanol–water partition coefficient (Wildman–Crippen LogP) is 3.75. The third-order valence-corrected chi connectivity index (χ3v) is 3.90. The highest BCUT2D eigenvalue weighted by Gasteiger charge is 2.14. The van der Waals surface area contributed by atoms with Crippen LogP contribution in [-0.4, -0.2) is 23.1 Å². The van der Waals surface area contributed by atoms with Crippen LogP contribution in [0.25, 0.3) is 0 Å². The van der Waals surface area contributed by atoms with Gasteiger partial charge >= 0.3 is 0 Å². The van der Waals surface area contributed by atoms with E-state index in [2.05, 4.69) is 14.9 Å². The highest BCUT2D eigenvalue weighted by atomic mass is 19.1. The van der Waals surface area contributed by atoms with Crippen LogP contribution >= 0.6 is 0 Å². The molecule has 5 heteroatoms. The Kier molecular flexibility index (Phi) is 4.51. The minimum atomic E-state index is -0.276. The molecule has 0 saturated carbocycles. The Labute approximate surface area is 130 Å². The summed E-state index contributed by atoms with van der Waals surface area (Å²) in [6.45, 7) is 3.90. The van der Waals surface area contributed by atoms with Crippen LogP contribution in [0, 0.1) is 5.82 Å². The first-order valence-electron chi connectivity index (χ1n) is 7.71. The summed E-state index contributed by atoms with van der Waals surface area (Å²) in [6.07, 6.45) is 6.74. The zero-order valence-corrected chi connectivity index (χ0v) is 12.7. The number of rotatable bonds is 4. The van der Waals surface area contributed by atoms with Crippen molar-refractivity contribution in [3.63, 3.8) is 0 Å². The molecular weight excluding hydrogens is 281 g/mol. The van der Waals surface area contributed by atoms with Gasteiger partial charge in [0.05, 0.1) is 12.4 Å². The van der Waals surface area contributed by atoms with E-state index in [-0.39, 0.29) is 11.9 Å². The summed E-state index contributed by atoms with van der Waals surface area (Å²) in [5.74, 6) is 1.06. The van der Waals surface area contributed by atoms with Crippen LogP contribution < -0.4 is 9.64 Å². The number of piperidine rings is 1. The minimum Gasteiger partial charge on any atom is -0.469 e. The number of aromatic nitrogens is 2. The van der Waals surface area contributed by atoms with E-state index in [4.69, 9.17) is 4.74 Å². The van der Waals surface area contributed by atoms with E-state index in [0.29, 0.717) is 5.88 Å². The predicted molar refractivity (Wildman–Crippen MR) is 83.5 cm³/mol. The molecule has 3 rings (SSSR count). The van der Waals surface area contributed by atoms with E-state index in [9.17, 15) is 4.39 Å². The third kappa shape index (κ3) is 3.53. The minimum absolute atomic E-state index is 0.263. The largest absolute Gasteiger partial charge is 0.469 e. The van der Waals surface area contributed by atoms with Crippen LogP contribution in [0.15, 0.2) is 36.7 Å². The van der Waals surface area contributed by atoms with Gasteiger partial charge in [-0.2, -0.15) is 4.98 Å². The lowest BCUT2D eigenvalue weighted by atomic mass is 10.1. The second-order valence-corrected chi connectivity index (χ2v) is 5.58. The van der Waals surface area contributed by atoms with Crippen molar-refractivity contribution in [2.45, 2.75) is 32.3 Å². The molecular formula is C17H20FN3O. The van der Waals surface area contributed by atoms with E-state index in [1.807, 2.05) is 13.0 Å². The van der Waals surface area contributed by atoms with Crippen molar-refractivity contribution in [3.05, 3.63) is 48.0 Å². The normalized spacial score (nSPS) is 16.4. The first-order valence-corrected chi connectivity index (χ1v) is 7.71. The molecule has 0 spiro atoms. The molecule has 0 amide bonds. The molecule has 0 bridgehead atoms. The molecule has 1 aliphatic rings. The van der Waals surface area contributed by atoms with E-state index in [1.54, 1.807) is 18.5 Å². The number of ether oxygens (including phenoxy) is 1. The Morgan fingerprint density at radius 1 is 1.18 bits per heavy atom. The van der Waals surface area contributed by atoms with Gasteiger partial charge in [0.1, 0.15) is 11.9 Å². The molecule has 2 heterocycles.